The Balaban J connectivity index is 2.95. The minimum absolute atomic E-state index is 0.00764. The Kier molecular flexibility index (Phi) is 16.9. The SMILES string of the molecule is C[C@H](N)C(=O)NCC(=O)N[C@@H](CC(=O)O)C(=O)N[C@@H](CC(=O)O)C(=O)N[C@@H](C)C(=O)N1CCC[C@H]1C(=O)N[C@@H](CCCNC(=N)N)C(=O)O. The molecule has 1 saturated heterocycles. The van der Waals surface area contributed by atoms with E-state index in [0.29, 0.717) is 6.42 Å². The summed E-state index contributed by atoms with van der Waals surface area (Å²) in [4.78, 5) is 112. The normalized spacial score (nSPS) is 16.8. The fraction of sp³-hybridized carbons (Fsp3) is 0.630. The van der Waals surface area contributed by atoms with Crippen LogP contribution in [0.3, 0.4) is 0 Å². The van der Waals surface area contributed by atoms with E-state index in [1.165, 1.54) is 13.8 Å². The molecule has 22 nitrogen and oxygen atoms in total. The van der Waals surface area contributed by atoms with E-state index in [9.17, 15) is 58.5 Å². The molecule has 0 aliphatic carbocycles. The Hall–Kier alpha value is -5.54. The maximum atomic E-state index is 13.3. The number of nitrogens with one attached hydrogen (secondary N) is 7. The zero-order valence-electron chi connectivity index (χ0n) is 26.9. The summed E-state index contributed by atoms with van der Waals surface area (Å²) in [7, 11) is 0. The van der Waals surface area contributed by atoms with E-state index < -0.39 is 109 Å². The molecule has 1 rings (SSSR count). The summed E-state index contributed by atoms with van der Waals surface area (Å²) in [5.74, 6) is -10.4. The molecule has 1 heterocycles. The van der Waals surface area contributed by atoms with Crippen LogP contribution in [0.5, 0.6) is 0 Å². The number of hydrogen-bond donors (Lipinski definition) is 12. The summed E-state index contributed by atoms with van der Waals surface area (Å²) < 4.78 is 0. The number of nitrogens with two attached hydrogens (primary N) is 2. The van der Waals surface area contributed by atoms with Crippen LogP contribution < -0.4 is 43.4 Å². The summed E-state index contributed by atoms with van der Waals surface area (Å²) in [5, 5.41) is 48.6. The lowest BCUT2D eigenvalue weighted by Gasteiger charge is -2.29. The fourth-order valence-corrected chi connectivity index (χ4v) is 4.60. The number of carbonyl (C=O) groups is 9. The van der Waals surface area contributed by atoms with E-state index in [1.54, 1.807) is 0 Å². The molecule has 22 heteroatoms. The monoisotopic (exact) mass is 700 g/mol. The van der Waals surface area contributed by atoms with Gasteiger partial charge < -0.3 is 63.6 Å². The second-order valence-corrected chi connectivity index (χ2v) is 11.2. The van der Waals surface area contributed by atoms with Gasteiger partial charge in [0.1, 0.15) is 30.2 Å². The first-order valence-corrected chi connectivity index (χ1v) is 15.1. The molecule has 1 aliphatic heterocycles. The Morgan fingerprint density at radius 3 is 1.92 bits per heavy atom. The van der Waals surface area contributed by atoms with Crippen LogP contribution >= 0.6 is 0 Å². The van der Waals surface area contributed by atoms with Crippen LogP contribution in [0.1, 0.15) is 52.4 Å². The third kappa shape index (κ3) is 14.8. The third-order valence-electron chi connectivity index (χ3n) is 7.05. The molecule has 1 fully saturated rings. The molecule has 14 N–H and O–H groups in total. The molecule has 0 aromatic carbocycles. The van der Waals surface area contributed by atoms with E-state index in [0.717, 1.165) is 4.90 Å². The summed E-state index contributed by atoms with van der Waals surface area (Å²) in [6.07, 6.45) is -1.20. The van der Waals surface area contributed by atoms with E-state index in [2.05, 4.69) is 31.9 Å². The van der Waals surface area contributed by atoms with Gasteiger partial charge in [-0.05, 0) is 39.5 Å². The topological polar surface area (TPSA) is 366 Å². The van der Waals surface area contributed by atoms with Crippen molar-refractivity contribution in [3.05, 3.63) is 0 Å². The highest BCUT2D eigenvalue weighted by atomic mass is 16.4. The second-order valence-electron chi connectivity index (χ2n) is 11.2. The van der Waals surface area contributed by atoms with Gasteiger partial charge in [0.2, 0.25) is 35.4 Å². The summed E-state index contributed by atoms with van der Waals surface area (Å²) in [6, 6.07) is -8.38. The highest BCUT2D eigenvalue weighted by molar-refractivity contribution is 5.98. The molecule has 0 aromatic rings. The number of carbonyl (C=O) groups excluding carboxylic acids is 6. The van der Waals surface area contributed by atoms with Crippen molar-refractivity contribution < 1.29 is 58.5 Å². The predicted octanol–water partition coefficient (Wildman–Crippen LogP) is -5.30. The standard InChI is InChI=1S/C27H44N10O12/c1-12(28)21(43)32-11-18(38)34-15(9-19(39)40)23(45)36-16(10-20(41)42)22(44)33-13(2)25(47)37-8-4-6-17(37)24(46)35-14(26(48)49)5-3-7-31-27(29)30/h12-17H,3-11,28H2,1-2H3,(H,32,43)(H,33,44)(H,34,38)(H,35,46)(H,36,45)(H,39,40)(H,41,42)(H,48,49)(H4,29,30,31)/t12-,13-,14-,15-,16-,17-/m0/s1. The molecule has 0 spiro atoms. The smallest absolute Gasteiger partial charge is 0.326 e. The van der Waals surface area contributed by atoms with Crippen molar-refractivity contribution in [2.24, 2.45) is 11.5 Å². The average Bonchev–Trinajstić information content (AvgIpc) is 3.49. The molecule has 49 heavy (non-hydrogen) atoms. The van der Waals surface area contributed by atoms with E-state index in [-0.39, 0.29) is 38.3 Å². The van der Waals surface area contributed by atoms with Crippen LogP contribution in [0.4, 0.5) is 0 Å². The highest BCUT2D eigenvalue weighted by Gasteiger charge is 2.38. The molecule has 6 amide bonds. The number of carboxylic acids is 3. The summed E-state index contributed by atoms with van der Waals surface area (Å²) >= 11 is 0. The van der Waals surface area contributed by atoms with Crippen LogP contribution in [0.15, 0.2) is 0 Å². The molecular formula is C27H44N10O12. The minimum atomic E-state index is -1.85. The lowest BCUT2D eigenvalue weighted by Crippen LogP contribution is -2.58. The predicted molar refractivity (Wildman–Crippen MR) is 166 cm³/mol. The number of aliphatic carboxylic acids is 3. The van der Waals surface area contributed by atoms with Gasteiger partial charge in [0, 0.05) is 13.1 Å². The number of nitrogens with zero attached hydrogens (tertiary/aromatic N) is 1. The van der Waals surface area contributed by atoms with Gasteiger partial charge in [-0.25, -0.2) is 4.79 Å². The number of amides is 6. The summed E-state index contributed by atoms with van der Waals surface area (Å²) in [5.41, 5.74) is 10.6. The van der Waals surface area contributed by atoms with Crippen molar-refractivity contribution in [2.75, 3.05) is 19.6 Å². The first-order valence-electron chi connectivity index (χ1n) is 15.1. The van der Waals surface area contributed by atoms with Gasteiger partial charge in [0.25, 0.3) is 0 Å². The third-order valence-corrected chi connectivity index (χ3v) is 7.05. The largest absolute Gasteiger partial charge is 0.481 e. The van der Waals surface area contributed by atoms with Crippen molar-refractivity contribution in [2.45, 2.75) is 88.6 Å². The van der Waals surface area contributed by atoms with Gasteiger partial charge in [-0.2, -0.15) is 0 Å². The number of likely N-dealkylation sites (tertiary alicyclic amines) is 1. The molecule has 0 bridgehead atoms. The first-order chi connectivity index (χ1) is 22.8. The van der Waals surface area contributed by atoms with E-state index in [4.69, 9.17) is 16.9 Å². The van der Waals surface area contributed by atoms with Crippen LogP contribution in [0, 0.1) is 5.41 Å². The maximum Gasteiger partial charge on any atom is 0.326 e. The number of carboxylic acid groups (broad SMARTS) is 3. The lowest BCUT2D eigenvalue weighted by molar-refractivity contribution is -0.145. The molecule has 1 aliphatic rings. The summed E-state index contributed by atoms with van der Waals surface area (Å²) in [6.45, 7) is 2.17. The first kappa shape index (κ1) is 41.5. The maximum absolute atomic E-state index is 13.3. The van der Waals surface area contributed by atoms with Gasteiger partial charge in [0.15, 0.2) is 5.96 Å². The molecule has 0 unspecified atom stereocenters. The molecule has 274 valence electrons. The number of guanidine groups is 1. The van der Waals surface area contributed by atoms with Gasteiger partial charge >= 0.3 is 17.9 Å². The molecule has 6 atom stereocenters. The quantitative estimate of drug-likeness (QED) is 0.0320. The van der Waals surface area contributed by atoms with Gasteiger partial charge in [0.05, 0.1) is 25.4 Å². The van der Waals surface area contributed by atoms with Crippen LogP contribution in [0.25, 0.3) is 0 Å². The fourth-order valence-electron chi connectivity index (χ4n) is 4.60. The van der Waals surface area contributed by atoms with Crippen molar-refractivity contribution in [1.29, 1.82) is 5.41 Å². The Morgan fingerprint density at radius 2 is 1.39 bits per heavy atom. The molecule has 0 saturated carbocycles. The van der Waals surface area contributed by atoms with Gasteiger partial charge in [-0.15, -0.1) is 0 Å². The lowest BCUT2D eigenvalue weighted by atomic mass is 10.1. The van der Waals surface area contributed by atoms with Crippen LogP contribution in [-0.4, -0.2) is 135 Å². The Labute approximate surface area is 279 Å². The van der Waals surface area contributed by atoms with Crippen LogP contribution in [0.2, 0.25) is 0 Å². The zero-order chi connectivity index (χ0) is 37.4. The van der Waals surface area contributed by atoms with Crippen LogP contribution in [-0.2, 0) is 43.2 Å². The molecule has 0 radical (unpaired) electrons. The number of rotatable bonds is 20. The Morgan fingerprint density at radius 1 is 0.816 bits per heavy atom. The minimum Gasteiger partial charge on any atom is -0.481 e. The second kappa shape index (κ2) is 20.0. The van der Waals surface area contributed by atoms with E-state index in [1.807, 2.05) is 0 Å². The number of hydrogen-bond acceptors (Lipinski definition) is 11. The van der Waals surface area contributed by atoms with E-state index >= 15 is 0 Å². The average molecular weight is 701 g/mol. The zero-order valence-corrected chi connectivity index (χ0v) is 26.9. The Bertz CT molecular complexity index is 1290. The van der Waals surface area contributed by atoms with Gasteiger partial charge in [-0.1, -0.05) is 0 Å². The molecule has 0 aromatic heterocycles. The van der Waals surface area contributed by atoms with Crippen molar-refractivity contribution in [3.63, 3.8) is 0 Å². The highest BCUT2D eigenvalue weighted by Crippen LogP contribution is 2.19. The molecular weight excluding hydrogens is 656 g/mol. The van der Waals surface area contributed by atoms with Crippen molar-refractivity contribution in [1.82, 2.24) is 36.8 Å². The van der Waals surface area contributed by atoms with Crippen molar-refractivity contribution in [3.8, 4) is 0 Å². The van der Waals surface area contributed by atoms with Gasteiger partial charge in [-0.3, -0.25) is 43.8 Å². The van der Waals surface area contributed by atoms with Crippen molar-refractivity contribution >= 4 is 59.3 Å².